The summed E-state index contributed by atoms with van der Waals surface area (Å²) in [4.78, 5) is 6.84. The van der Waals surface area contributed by atoms with E-state index in [0.29, 0.717) is 6.54 Å². The quantitative estimate of drug-likeness (QED) is 0.872. The lowest BCUT2D eigenvalue weighted by atomic mass is 10.1. The molecule has 0 saturated carbocycles. The van der Waals surface area contributed by atoms with Gasteiger partial charge in [-0.2, -0.15) is 0 Å². The summed E-state index contributed by atoms with van der Waals surface area (Å²) < 4.78 is 1.05. The van der Waals surface area contributed by atoms with Crippen LogP contribution in [0.5, 0.6) is 0 Å². The van der Waals surface area contributed by atoms with Gasteiger partial charge >= 0.3 is 0 Å². The zero-order valence-electron chi connectivity index (χ0n) is 10.2. The number of aryl methyl sites for hydroxylation is 1. The molecule has 1 N–H and O–H groups in total. The zero-order chi connectivity index (χ0) is 12.7. The van der Waals surface area contributed by atoms with Crippen molar-refractivity contribution in [1.82, 2.24) is 4.98 Å². The third-order valence-electron chi connectivity index (χ3n) is 3.35. The average molecular weight is 283 g/mol. The summed E-state index contributed by atoms with van der Waals surface area (Å²) in [6, 6.07) is 3.92. The number of fused-ring (bicyclic) bond motifs is 1. The molecule has 18 heavy (non-hydrogen) atoms. The topological polar surface area (TPSA) is 36.4 Å². The Morgan fingerprint density at radius 2 is 2.33 bits per heavy atom. The lowest BCUT2D eigenvalue weighted by Crippen LogP contribution is -2.38. The molecule has 1 aromatic carbocycles. The number of benzene rings is 1. The molecule has 0 bridgehead atoms. The van der Waals surface area contributed by atoms with Crippen LogP contribution >= 0.6 is 22.9 Å². The molecule has 1 aliphatic rings. The first-order valence-electron chi connectivity index (χ1n) is 6.14. The van der Waals surface area contributed by atoms with Crippen LogP contribution in [0, 0.1) is 6.92 Å². The molecule has 2 aromatic rings. The number of hydrogen-bond donors (Lipinski definition) is 1. The van der Waals surface area contributed by atoms with E-state index in [1.54, 1.807) is 11.3 Å². The molecule has 0 spiro atoms. The fourth-order valence-corrected chi connectivity index (χ4v) is 3.71. The van der Waals surface area contributed by atoms with E-state index in [9.17, 15) is 5.11 Å². The summed E-state index contributed by atoms with van der Waals surface area (Å²) in [6.45, 7) is 3.69. The normalized spacial score (nSPS) is 20.6. The number of thiazole rings is 1. The maximum atomic E-state index is 9.73. The van der Waals surface area contributed by atoms with Crippen molar-refractivity contribution in [3.05, 3.63) is 22.7 Å². The van der Waals surface area contributed by atoms with Crippen molar-refractivity contribution < 1.29 is 5.11 Å². The summed E-state index contributed by atoms with van der Waals surface area (Å²) in [5, 5.41) is 11.5. The van der Waals surface area contributed by atoms with Gasteiger partial charge in [0.1, 0.15) is 0 Å². The summed E-state index contributed by atoms with van der Waals surface area (Å²) >= 11 is 7.83. The van der Waals surface area contributed by atoms with Gasteiger partial charge in [0.05, 0.1) is 21.3 Å². The van der Waals surface area contributed by atoms with E-state index in [4.69, 9.17) is 11.6 Å². The molecule has 2 heterocycles. The molecule has 3 nitrogen and oxygen atoms in total. The second kappa shape index (κ2) is 4.68. The SMILES string of the molecule is Cc1ccc(Cl)c2sc(N3CCCC(O)C3)nc12. The Morgan fingerprint density at radius 1 is 1.50 bits per heavy atom. The summed E-state index contributed by atoms with van der Waals surface area (Å²) in [7, 11) is 0. The second-order valence-corrected chi connectivity index (χ2v) is 6.17. The Morgan fingerprint density at radius 3 is 3.06 bits per heavy atom. The predicted octanol–water partition coefficient (Wildman–Crippen LogP) is 3.22. The van der Waals surface area contributed by atoms with Gasteiger partial charge in [-0.15, -0.1) is 0 Å². The Bertz CT molecular complexity index is 545. The van der Waals surface area contributed by atoms with Crippen LogP contribution in [0.2, 0.25) is 5.02 Å². The van der Waals surface area contributed by atoms with Crippen LogP contribution < -0.4 is 4.90 Å². The van der Waals surface area contributed by atoms with Crippen molar-refractivity contribution in [3.63, 3.8) is 0 Å². The molecule has 3 rings (SSSR count). The number of aromatic nitrogens is 1. The standard InChI is InChI=1S/C13H15ClN2OS/c1-8-4-5-10(14)12-11(8)15-13(18-12)16-6-2-3-9(17)7-16/h4-5,9,17H,2-3,6-7H2,1H3. The Kier molecular flexibility index (Phi) is 3.18. The zero-order valence-corrected chi connectivity index (χ0v) is 11.8. The lowest BCUT2D eigenvalue weighted by Gasteiger charge is -2.29. The minimum atomic E-state index is -0.234. The monoisotopic (exact) mass is 282 g/mol. The Balaban J connectivity index is 2.03. The van der Waals surface area contributed by atoms with Crippen LogP contribution in [0.25, 0.3) is 10.2 Å². The van der Waals surface area contributed by atoms with Crippen molar-refractivity contribution in [2.75, 3.05) is 18.0 Å². The van der Waals surface area contributed by atoms with Gasteiger partial charge in [0.2, 0.25) is 0 Å². The number of halogens is 1. The summed E-state index contributed by atoms with van der Waals surface area (Å²) in [5.74, 6) is 0. The maximum Gasteiger partial charge on any atom is 0.186 e. The van der Waals surface area contributed by atoms with Crippen LogP contribution in [0.4, 0.5) is 5.13 Å². The second-order valence-electron chi connectivity index (χ2n) is 4.78. The smallest absolute Gasteiger partial charge is 0.186 e. The third-order valence-corrected chi connectivity index (χ3v) is 4.93. The average Bonchev–Trinajstić information content (AvgIpc) is 2.80. The number of aliphatic hydroxyl groups excluding tert-OH is 1. The third kappa shape index (κ3) is 2.09. The van der Waals surface area contributed by atoms with Gasteiger partial charge in [-0.25, -0.2) is 4.98 Å². The van der Waals surface area contributed by atoms with Gasteiger partial charge in [0.25, 0.3) is 0 Å². The minimum absolute atomic E-state index is 0.234. The van der Waals surface area contributed by atoms with Gasteiger partial charge in [0, 0.05) is 13.1 Å². The summed E-state index contributed by atoms with van der Waals surface area (Å²) in [5.41, 5.74) is 2.14. The minimum Gasteiger partial charge on any atom is -0.391 e. The summed E-state index contributed by atoms with van der Waals surface area (Å²) in [6.07, 6.45) is 1.67. The highest BCUT2D eigenvalue weighted by Crippen LogP contribution is 2.36. The molecule has 1 fully saturated rings. The van der Waals surface area contributed by atoms with Crippen LogP contribution in [-0.2, 0) is 0 Å². The number of anilines is 1. The van der Waals surface area contributed by atoms with E-state index in [-0.39, 0.29) is 6.10 Å². The van der Waals surface area contributed by atoms with Crippen LogP contribution in [-0.4, -0.2) is 29.3 Å². The molecule has 1 atom stereocenters. The molecule has 96 valence electrons. The van der Waals surface area contributed by atoms with Crippen LogP contribution in [0.1, 0.15) is 18.4 Å². The van der Waals surface area contributed by atoms with Crippen LogP contribution in [0.3, 0.4) is 0 Å². The number of β-amino-alcohol motifs (C(OH)–C–C–N with tert-alkyl or cyclic N) is 1. The number of nitrogens with zero attached hydrogens (tertiary/aromatic N) is 2. The first-order chi connectivity index (χ1) is 8.65. The largest absolute Gasteiger partial charge is 0.391 e. The Hall–Kier alpha value is -0.840. The number of aliphatic hydroxyl groups is 1. The van der Waals surface area contributed by atoms with Gasteiger partial charge in [-0.1, -0.05) is 29.0 Å². The van der Waals surface area contributed by atoms with E-state index in [2.05, 4.69) is 9.88 Å². The molecule has 5 heteroatoms. The number of hydrogen-bond acceptors (Lipinski definition) is 4. The lowest BCUT2D eigenvalue weighted by molar-refractivity contribution is 0.154. The van der Waals surface area contributed by atoms with Crippen molar-refractivity contribution in [2.24, 2.45) is 0 Å². The molecule has 0 amide bonds. The molecule has 1 unspecified atom stereocenters. The molecular weight excluding hydrogens is 268 g/mol. The number of rotatable bonds is 1. The predicted molar refractivity (Wildman–Crippen MR) is 76.8 cm³/mol. The van der Waals surface area contributed by atoms with E-state index in [0.717, 1.165) is 45.3 Å². The number of piperidine rings is 1. The molecule has 1 aromatic heterocycles. The molecule has 0 aliphatic carbocycles. The van der Waals surface area contributed by atoms with E-state index in [1.165, 1.54) is 0 Å². The Labute approximate surface area is 115 Å². The van der Waals surface area contributed by atoms with Gasteiger partial charge in [0.15, 0.2) is 5.13 Å². The molecular formula is C13H15ClN2OS. The molecule has 1 saturated heterocycles. The van der Waals surface area contributed by atoms with Gasteiger partial charge in [-0.05, 0) is 31.4 Å². The van der Waals surface area contributed by atoms with Crippen LogP contribution in [0.15, 0.2) is 12.1 Å². The highest BCUT2D eigenvalue weighted by molar-refractivity contribution is 7.22. The molecule has 1 aliphatic heterocycles. The van der Waals surface area contributed by atoms with Gasteiger partial charge in [-0.3, -0.25) is 0 Å². The van der Waals surface area contributed by atoms with E-state index in [1.807, 2.05) is 19.1 Å². The van der Waals surface area contributed by atoms with Crippen molar-refractivity contribution in [3.8, 4) is 0 Å². The van der Waals surface area contributed by atoms with Crippen molar-refractivity contribution in [1.29, 1.82) is 0 Å². The molecule has 0 radical (unpaired) electrons. The van der Waals surface area contributed by atoms with E-state index >= 15 is 0 Å². The van der Waals surface area contributed by atoms with Crippen molar-refractivity contribution >= 4 is 38.3 Å². The maximum absolute atomic E-state index is 9.73. The van der Waals surface area contributed by atoms with Gasteiger partial charge < -0.3 is 10.0 Å². The van der Waals surface area contributed by atoms with E-state index < -0.39 is 0 Å². The first kappa shape index (κ1) is 12.2. The fourth-order valence-electron chi connectivity index (χ4n) is 2.35. The first-order valence-corrected chi connectivity index (χ1v) is 7.33. The van der Waals surface area contributed by atoms with Crippen molar-refractivity contribution in [2.45, 2.75) is 25.9 Å². The highest BCUT2D eigenvalue weighted by Gasteiger charge is 2.21. The fraction of sp³-hybridized carbons (Fsp3) is 0.462. The highest BCUT2D eigenvalue weighted by atomic mass is 35.5.